The second-order valence-corrected chi connectivity index (χ2v) is 9.77. The molecule has 1 aliphatic heterocycles. The fourth-order valence-corrected chi connectivity index (χ4v) is 4.81. The number of nitrogens with zero attached hydrogens (tertiary/aromatic N) is 3. The Hall–Kier alpha value is -3.58. The number of aliphatic hydroxyl groups excluding tert-OH is 1. The van der Waals surface area contributed by atoms with Crippen LogP contribution in [-0.4, -0.2) is 44.0 Å². The van der Waals surface area contributed by atoms with Crippen molar-refractivity contribution in [3.63, 3.8) is 0 Å². The van der Waals surface area contributed by atoms with Gasteiger partial charge in [0.15, 0.2) is 0 Å². The lowest BCUT2D eigenvalue weighted by Crippen LogP contribution is -2.29. The summed E-state index contributed by atoms with van der Waals surface area (Å²) in [7, 11) is 3.90. The number of hydrogen-bond donors (Lipinski definition) is 1. The quantitative estimate of drug-likeness (QED) is 0.223. The van der Waals surface area contributed by atoms with E-state index in [2.05, 4.69) is 34.7 Å². The first-order chi connectivity index (χ1) is 17.3. The molecule has 186 valence electrons. The molecular formula is C29H30BrN3O3. The average Bonchev–Trinajstić information content (AvgIpc) is 3.15. The number of benzene rings is 3. The van der Waals surface area contributed by atoms with Crippen LogP contribution >= 0.6 is 15.9 Å². The van der Waals surface area contributed by atoms with Gasteiger partial charge in [-0.3, -0.25) is 14.5 Å². The normalized spacial score (nSPS) is 16.9. The van der Waals surface area contributed by atoms with Crippen molar-refractivity contribution in [1.82, 2.24) is 0 Å². The van der Waals surface area contributed by atoms with Crippen LogP contribution in [0.5, 0.6) is 0 Å². The standard InChI is InChI=1S/C29H30BrN3O3/c1-5-32(6-2)23-15-17-24(18-16-23)33-26(19-9-13-22(14-10-19)31(3)4)25(28(35)29(33)36)27(34)20-7-11-21(30)12-8-20/h7-18,26,34H,5-6H2,1-4H3/b27-25-. The van der Waals surface area contributed by atoms with E-state index in [9.17, 15) is 14.7 Å². The van der Waals surface area contributed by atoms with Gasteiger partial charge < -0.3 is 14.9 Å². The zero-order chi connectivity index (χ0) is 26.0. The maximum absolute atomic E-state index is 13.4. The predicted octanol–water partition coefficient (Wildman–Crippen LogP) is 5.99. The van der Waals surface area contributed by atoms with Crippen molar-refractivity contribution in [3.8, 4) is 0 Å². The second-order valence-electron chi connectivity index (χ2n) is 8.85. The lowest BCUT2D eigenvalue weighted by molar-refractivity contribution is -0.132. The highest BCUT2D eigenvalue weighted by molar-refractivity contribution is 9.10. The van der Waals surface area contributed by atoms with Gasteiger partial charge >= 0.3 is 0 Å². The fourth-order valence-electron chi connectivity index (χ4n) is 4.55. The Labute approximate surface area is 220 Å². The molecule has 6 nitrogen and oxygen atoms in total. The number of carbonyl (C=O) groups excluding carboxylic acids is 2. The summed E-state index contributed by atoms with van der Waals surface area (Å²) in [5.41, 5.74) is 3.93. The number of halogens is 1. The Balaban J connectivity index is 1.86. The van der Waals surface area contributed by atoms with Gasteiger partial charge in [0.2, 0.25) is 0 Å². The van der Waals surface area contributed by atoms with E-state index < -0.39 is 17.7 Å². The van der Waals surface area contributed by atoms with Gasteiger partial charge in [-0.15, -0.1) is 0 Å². The van der Waals surface area contributed by atoms with Crippen LogP contribution in [0.1, 0.15) is 31.0 Å². The number of rotatable bonds is 7. The van der Waals surface area contributed by atoms with E-state index >= 15 is 0 Å². The van der Waals surface area contributed by atoms with Crippen molar-refractivity contribution in [3.05, 3.63) is 94.0 Å². The lowest BCUT2D eigenvalue weighted by Gasteiger charge is -2.27. The highest BCUT2D eigenvalue weighted by atomic mass is 79.9. The van der Waals surface area contributed by atoms with Crippen molar-refractivity contribution in [2.24, 2.45) is 0 Å². The van der Waals surface area contributed by atoms with Gasteiger partial charge in [0.1, 0.15) is 5.76 Å². The zero-order valence-corrected chi connectivity index (χ0v) is 22.5. The number of amides is 1. The van der Waals surface area contributed by atoms with Crippen LogP contribution in [0.4, 0.5) is 17.1 Å². The molecule has 4 rings (SSSR count). The molecule has 0 bridgehead atoms. The molecule has 1 N–H and O–H groups in total. The van der Waals surface area contributed by atoms with Gasteiger partial charge in [-0.1, -0.05) is 40.2 Å². The summed E-state index contributed by atoms with van der Waals surface area (Å²) in [6, 6.07) is 21.6. The van der Waals surface area contributed by atoms with Crippen molar-refractivity contribution < 1.29 is 14.7 Å². The minimum absolute atomic E-state index is 0.0766. The van der Waals surface area contributed by atoms with Crippen molar-refractivity contribution >= 4 is 50.4 Å². The van der Waals surface area contributed by atoms with E-state index in [-0.39, 0.29) is 11.3 Å². The molecule has 1 heterocycles. The van der Waals surface area contributed by atoms with Crippen LogP contribution in [0.2, 0.25) is 0 Å². The lowest BCUT2D eigenvalue weighted by atomic mass is 9.95. The number of aliphatic hydroxyl groups is 1. The summed E-state index contributed by atoms with van der Waals surface area (Å²) in [4.78, 5) is 32.4. The molecule has 0 saturated carbocycles. The number of hydrogen-bond acceptors (Lipinski definition) is 5. The van der Waals surface area contributed by atoms with Crippen LogP contribution in [-0.2, 0) is 9.59 Å². The van der Waals surface area contributed by atoms with Gasteiger partial charge in [0.25, 0.3) is 11.7 Å². The Morgan fingerprint density at radius 3 is 1.94 bits per heavy atom. The summed E-state index contributed by atoms with van der Waals surface area (Å²) in [5.74, 6) is -1.55. The summed E-state index contributed by atoms with van der Waals surface area (Å²) >= 11 is 3.40. The molecule has 1 fully saturated rings. The molecular weight excluding hydrogens is 518 g/mol. The smallest absolute Gasteiger partial charge is 0.300 e. The van der Waals surface area contributed by atoms with E-state index in [0.717, 1.165) is 34.5 Å². The molecule has 0 radical (unpaired) electrons. The molecule has 1 saturated heterocycles. The first-order valence-electron chi connectivity index (χ1n) is 12.0. The average molecular weight is 548 g/mol. The maximum atomic E-state index is 13.4. The maximum Gasteiger partial charge on any atom is 0.300 e. The molecule has 1 amide bonds. The molecule has 3 aromatic rings. The summed E-state index contributed by atoms with van der Waals surface area (Å²) in [6.07, 6.45) is 0. The highest BCUT2D eigenvalue weighted by Crippen LogP contribution is 2.42. The molecule has 0 spiro atoms. The minimum Gasteiger partial charge on any atom is -0.507 e. The molecule has 36 heavy (non-hydrogen) atoms. The van der Waals surface area contributed by atoms with Gasteiger partial charge in [0, 0.05) is 54.3 Å². The third-order valence-electron chi connectivity index (χ3n) is 6.54. The van der Waals surface area contributed by atoms with E-state index in [1.807, 2.05) is 67.5 Å². The molecule has 7 heteroatoms. The van der Waals surface area contributed by atoms with Crippen LogP contribution < -0.4 is 14.7 Å². The van der Waals surface area contributed by atoms with Crippen LogP contribution in [0.15, 0.2) is 82.8 Å². The van der Waals surface area contributed by atoms with Crippen LogP contribution in [0.25, 0.3) is 5.76 Å². The zero-order valence-electron chi connectivity index (χ0n) is 20.9. The van der Waals surface area contributed by atoms with Gasteiger partial charge in [-0.2, -0.15) is 0 Å². The van der Waals surface area contributed by atoms with E-state index in [4.69, 9.17) is 0 Å². The van der Waals surface area contributed by atoms with Crippen LogP contribution in [0, 0.1) is 0 Å². The fraction of sp³-hybridized carbons (Fsp3) is 0.241. The molecule has 1 unspecified atom stereocenters. The monoisotopic (exact) mass is 547 g/mol. The Kier molecular flexibility index (Phi) is 7.50. The first-order valence-corrected chi connectivity index (χ1v) is 12.7. The van der Waals surface area contributed by atoms with Crippen molar-refractivity contribution in [2.75, 3.05) is 41.9 Å². The third-order valence-corrected chi connectivity index (χ3v) is 7.07. The molecule has 0 aliphatic carbocycles. The van der Waals surface area contributed by atoms with Crippen molar-refractivity contribution in [2.45, 2.75) is 19.9 Å². The van der Waals surface area contributed by atoms with Crippen LogP contribution in [0.3, 0.4) is 0 Å². The summed E-state index contributed by atoms with van der Waals surface area (Å²) < 4.78 is 0.851. The largest absolute Gasteiger partial charge is 0.507 e. The van der Waals surface area contributed by atoms with E-state index in [0.29, 0.717) is 11.3 Å². The highest BCUT2D eigenvalue weighted by Gasteiger charge is 2.47. The van der Waals surface area contributed by atoms with Crippen molar-refractivity contribution in [1.29, 1.82) is 0 Å². The number of anilines is 3. The van der Waals surface area contributed by atoms with Gasteiger partial charge in [-0.05, 0) is 67.9 Å². The predicted molar refractivity (Wildman–Crippen MR) is 150 cm³/mol. The Bertz CT molecular complexity index is 1280. The van der Waals surface area contributed by atoms with E-state index in [1.165, 1.54) is 4.90 Å². The molecule has 3 aromatic carbocycles. The minimum atomic E-state index is -0.760. The number of ketones is 1. The second kappa shape index (κ2) is 10.6. The van der Waals surface area contributed by atoms with Gasteiger partial charge in [0.05, 0.1) is 11.6 Å². The SMILES string of the molecule is CCN(CC)c1ccc(N2C(=O)C(=O)/C(=C(\O)c3ccc(Br)cc3)C2c2ccc(N(C)C)cc2)cc1. The Morgan fingerprint density at radius 1 is 0.861 bits per heavy atom. The molecule has 1 aliphatic rings. The number of carbonyl (C=O) groups is 2. The third kappa shape index (κ3) is 4.75. The molecule has 1 atom stereocenters. The number of Topliss-reactive ketones (excluding diaryl/α,β-unsaturated/α-hetero) is 1. The Morgan fingerprint density at radius 2 is 1.42 bits per heavy atom. The van der Waals surface area contributed by atoms with E-state index in [1.54, 1.807) is 24.3 Å². The topological polar surface area (TPSA) is 64.1 Å². The molecule has 0 aromatic heterocycles. The summed E-state index contributed by atoms with van der Waals surface area (Å²) in [6.45, 7) is 5.92. The van der Waals surface area contributed by atoms with Gasteiger partial charge in [-0.25, -0.2) is 0 Å². The summed E-state index contributed by atoms with van der Waals surface area (Å²) in [5, 5.41) is 11.3. The first kappa shape index (κ1) is 25.5.